The van der Waals surface area contributed by atoms with E-state index in [9.17, 15) is 9.59 Å². The van der Waals surface area contributed by atoms with Gasteiger partial charge >= 0.3 is 0 Å². The number of hydrogen-bond donors (Lipinski definition) is 1. The molecule has 1 amide bonds. The lowest BCUT2D eigenvalue weighted by Crippen LogP contribution is -2.29. The molecule has 1 heterocycles. The summed E-state index contributed by atoms with van der Waals surface area (Å²) < 4.78 is 1.72. The molecule has 0 saturated carbocycles. The van der Waals surface area contributed by atoms with Crippen LogP contribution < -0.4 is 10.9 Å². The van der Waals surface area contributed by atoms with Crippen LogP contribution in [0.1, 0.15) is 0 Å². The zero-order valence-electron chi connectivity index (χ0n) is 9.64. The number of anilines is 1. The first-order chi connectivity index (χ1) is 9.06. The van der Waals surface area contributed by atoms with Gasteiger partial charge in [0.2, 0.25) is 5.91 Å². The van der Waals surface area contributed by atoms with E-state index in [0.717, 1.165) is 0 Å². The number of carbonyl (C=O) groups excluding carboxylic acids is 1. The Morgan fingerprint density at radius 1 is 1.47 bits per heavy atom. The summed E-state index contributed by atoms with van der Waals surface area (Å²) in [5, 5.41) is 3.20. The summed E-state index contributed by atoms with van der Waals surface area (Å²) in [6, 6.07) is 6.80. The first-order valence-corrected chi connectivity index (χ1v) is 6.77. The Morgan fingerprint density at radius 3 is 3.00 bits per heavy atom. The van der Waals surface area contributed by atoms with Crippen molar-refractivity contribution >= 4 is 45.8 Å². The van der Waals surface area contributed by atoms with Crippen molar-refractivity contribution in [1.82, 2.24) is 9.55 Å². The normalized spacial score (nSPS) is 10.2. The quantitative estimate of drug-likeness (QED) is 0.818. The predicted molar refractivity (Wildman–Crippen MR) is 81.3 cm³/mol. The summed E-state index contributed by atoms with van der Waals surface area (Å²) >= 11 is 7.70. The van der Waals surface area contributed by atoms with Crippen LogP contribution in [0.3, 0.4) is 0 Å². The lowest BCUT2D eigenvalue weighted by Gasteiger charge is -2.07. The Hall–Kier alpha value is -1.41. The third-order valence-corrected chi connectivity index (χ3v) is 3.26. The molecule has 0 atom stereocenters. The molecule has 0 aliphatic heterocycles. The molecule has 0 saturated heterocycles. The van der Waals surface area contributed by atoms with Gasteiger partial charge in [-0.1, -0.05) is 17.7 Å². The van der Waals surface area contributed by atoms with Crippen molar-refractivity contribution in [2.45, 2.75) is 6.54 Å². The average Bonchev–Trinajstić information content (AvgIpc) is 2.35. The Kier molecular flexibility index (Phi) is 4.54. The third-order valence-electron chi connectivity index (χ3n) is 2.28. The fourth-order valence-electron chi connectivity index (χ4n) is 1.46. The number of aromatic nitrogens is 2. The monoisotopic (exact) mass is 389 g/mol. The molecule has 2 aromatic rings. The van der Waals surface area contributed by atoms with E-state index >= 15 is 0 Å². The molecule has 19 heavy (non-hydrogen) atoms. The van der Waals surface area contributed by atoms with E-state index < -0.39 is 0 Å². The first kappa shape index (κ1) is 14.0. The molecule has 2 rings (SSSR count). The number of benzene rings is 1. The number of nitrogens with zero attached hydrogens (tertiary/aromatic N) is 2. The summed E-state index contributed by atoms with van der Waals surface area (Å²) in [6.07, 6.45) is 2.79. The van der Waals surface area contributed by atoms with E-state index in [0.29, 0.717) is 14.3 Å². The van der Waals surface area contributed by atoms with Crippen molar-refractivity contribution in [3.63, 3.8) is 0 Å². The second kappa shape index (κ2) is 6.16. The SMILES string of the molecule is O=C(Cn1cncc(I)c1=O)Nc1cccc(Cl)c1. The Balaban J connectivity index is 2.10. The lowest BCUT2D eigenvalue weighted by atomic mass is 10.3. The van der Waals surface area contributed by atoms with Gasteiger partial charge in [0.25, 0.3) is 5.56 Å². The van der Waals surface area contributed by atoms with Gasteiger partial charge in [-0.2, -0.15) is 0 Å². The molecule has 0 radical (unpaired) electrons. The van der Waals surface area contributed by atoms with Gasteiger partial charge < -0.3 is 5.32 Å². The van der Waals surface area contributed by atoms with Crippen LogP contribution >= 0.6 is 34.2 Å². The van der Waals surface area contributed by atoms with Gasteiger partial charge in [0.15, 0.2) is 0 Å². The molecule has 0 bridgehead atoms. The Bertz CT molecular complexity index is 672. The van der Waals surface area contributed by atoms with Gasteiger partial charge in [0.1, 0.15) is 6.54 Å². The molecule has 1 aromatic heterocycles. The van der Waals surface area contributed by atoms with Crippen molar-refractivity contribution in [2.24, 2.45) is 0 Å². The minimum Gasteiger partial charge on any atom is -0.324 e. The van der Waals surface area contributed by atoms with E-state index in [1.807, 2.05) is 22.6 Å². The molecule has 98 valence electrons. The highest BCUT2D eigenvalue weighted by atomic mass is 127. The molecule has 0 unspecified atom stereocenters. The van der Waals surface area contributed by atoms with Crippen LogP contribution in [0.2, 0.25) is 5.02 Å². The molecular formula is C12H9ClIN3O2. The lowest BCUT2D eigenvalue weighted by molar-refractivity contribution is -0.116. The third kappa shape index (κ3) is 3.77. The van der Waals surface area contributed by atoms with Gasteiger partial charge in [-0.3, -0.25) is 14.2 Å². The average molecular weight is 390 g/mol. The van der Waals surface area contributed by atoms with Crippen LogP contribution in [0.4, 0.5) is 5.69 Å². The molecule has 1 N–H and O–H groups in total. The summed E-state index contributed by atoms with van der Waals surface area (Å²) in [4.78, 5) is 27.4. The maximum Gasteiger partial charge on any atom is 0.267 e. The highest BCUT2D eigenvalue weighted by Gasteiger charge is 2.07. The summed E-state index contributed by atoms with van der Waals surface area (Å²) in [7, 11) is 0. The summed E-state index contributed by atoms with van der Waals surface area (Å²) in [5.41, 5.74) is 0.348. The van der Waals surface area contributed by atoms with Crippen LogP contribution in [0.15, 0.2) is 41.6 Å². The summed E-state index contributed by atoms with van der Waals surface area (Å²) in [5.74, 6) is -0.312. The minimum absolute atomic E-state index is 0.0881. The van der Waals surface area contributed by atoms with Crippen molar-refractivity contribution in [3.8, 4) is 0 Å². The van der Waals surface area contributed by atoms with Crippen LogP contribution in [-0.2, 0) is 11.3 Å². The van der Waals surface area contributed by atoms with Crippen LogP contribution in [0.5, 0.6) is 0 Å². The molecule has 5 nitrogen and oxygen atoms in total. The molecule has 0 spiro atoms. The van der Waals surface area contributed by atoms with Gasteiger partial charge in [-0.05, 0) is 40.8 Å². The van der Waals surface area contributed by atoms with E-state index in [-0.39, 0.29) is 18.0 Å². The second-order valence-corrected chi connectivity index (χ2v) is 5.33. The number of rotatable bonds is 3. The Morgan fingerprint density at radius 2 is 2.26 bits per heavy atom. The minimum atomic E-state index is -0.312. The predicted octanol–water partition coefficient (Wildman–Crippen LogP) is 2.14. The van der Waals surface area contributed by atoms with E-state index in [1.54, 1.807) is 24.3 Å². The maximum atomic E-state index is 11.8. The second-order valence-electron chi connectivity index (χ2n) is 3.73. The van der Waals surface area contributed by atoms with Crippen LogP contribution in [0.25, 0.3) is 0 Å². The number of nitrogens with one attached hydrogen (secondary N) is 1. The van der Waals surface area contributed by atoms with Gasteiger partial charge in [0, 0.05) is 16.9 Å². The standard InChI is InChI=1S/C12H9ClIN3O2/c13-8-2-1-3-9(4-8)16-11(18)6-17-7-15-5-10(14)12(17)19/h1-5,7H,6H2,(H,16,18). The number of halogens is 2. The van der Waals surface area contributed by atoms with Crippen LogP contribution in [-0.4, -0.2) is 15.5 Å². The fraction of sp³-hybridized carbons (Fsp3) is 0.0833. The molecule has 7 heteroatoms. The topological polar surface area (TPSA) is 64.0 Å². The van der Waals surface area contributed by atoms with Crippen molar-refractivity contribution in [1.29, 1.82) is 0 Å². The number of hydrogen-bond acceptors (Lipinski definition) is 3. The van der Waals surface area contributed by atoms with Crippen LogP contribution in [0, 0.1) is 3.57 Å². The molecular weight excluding hydrogens is 381 g/mol. The van der Waals surface area contributed by atoms with E-state index in [2.05, 4.69) is 10.3 Å². The van der Waals surface area contributed by atoms with Gasteiger partial charge in [-0.15, -0.1) is 0 Å². The smallest absolute Gasteiger partial charge is 0.267 e. The zero-order valence-corrected chi connectivity index (χ0v) is 12.6. The van der Waals surface area contributed by atoms with Gasteiger partial charge in [0.05, 0.1) is 9.90 Å². The fourth-order valence-corrected chi connectivity index (χ4v) is 2.12. The first-order valence-electron chi connectivity index (χ1n) is 5.31. The highest BCUT2D eigenvalue weighted by molar-refractivity contribution is 14.1. The largest absolute Gasteiger partial charge is 0.324 e. The van der Waals surface area contributed by atoms with Gasteiger partial charge in [-0.25, -0.2) is 4.98 Å². The number of carbonyl (C=O) groups is 1. The molecule has 1 aromatic carbocycles. The molecule has 0 fully saturated rings. The molecule has 0 aliphatic carbocycles. The van der Waals surface area contributed by atoms with Crippen molar-refractivity contribution in [2.75, 3.05) is 5.32 Å². The molecule has 0 aliphatic rings. The number of amides is 1. The van der Waals surface area contributed by atoms with Crippen molar-refractivity contribution in [3.05, 3.63) is 55.7 Å². The van der Waals surface area contributed by atoms with Crippen molar-refractivity contribution < 1.29 is 4.79 Å². The van der Waals surface area contributed by atoms with E-state index in [1.165, 1.54) is 17.1 Å². The van der Waals surface area contributed by atoms with E-state index in [4.69, 9.17) is 11.6 Å². The Labute approximate surface area is 127 Å². The summed E-state index contributed by atoms with van der Waals surface area (Å²) in [6.45, 7) is -0.0881. The maximum absolute atomic E-state index is 11.8. The highest BCUT2D eigenvalue weighted by Crippen LogP contribution is 2.14. The zero-order chi connectivity index (χ0) is 13.8.